The zero-order valence-corrected chi connectivity index (χ0v) is 21.4. The second-order valence-corrected chi connectivity index (χ2v) is 8.88. The molecule has 1 N–H and O–H groups in total. The van der Waals surface area contributed by atoms with Crippen molar-refractivity contribution in [3.8, 4) is 17.2 Å². The SMILES string of the molecule is CCOc1ccc(C([O-])=C2C(=O)C(=O)N(CCC[NH+](C)C)C2c2cc(OC)ccc2OC)cc1Cl. The van der Waals surface area contributed by atoms with E-state index in [0.29, 0.717) is 42.4 Å². The van der Waals surface area contributed by atoms with E-state index in [4.69, 9.17) is 25.8 Å². The number of benzene rings is 2. The van der Waals surface area contributed by atoms with Crippen LogP contribution >= 0.6 is 11.6 Å². The lowest BCUT2D eigenvalue weighted by Gasteiger charge is -2.29. The van der Waals surface area contributed by atoms with Gasteiger partial charge in [-0.2, -0.15) is 0 Å². The van der Waals surface area contributed by atoms with Gasteiger partial charge in [-0.15, -0.1) is 0 Å². The highest BCUT2D eigenvalue weighted by Gasteiger charge is 2.45. The Balaban J connectivity index is 2.18. The molecule has 0 spiro atoms. The Morgan fingerprint density at radius 3 is 2.40 bits per heavy atom. The van der Waals surface area contributed by atoms with Crippen LogP contribution in [-0.2, 0) is 9.59 Å². The molecule has 0 aromatic heterocycles. The molecule has 35 heavy (non-hydrogen) atoms. The quantitative estimate of drug-likeness (QED) is 0.301. The number of Topliss-reactive ketones (excluding diaryl/α,β-unsaturated/α-hetero) is 1. The van der Waals surface area contributed by atoms with Crippen LogP contribution in [0.15, 0.2) is 42.0 Å². The van der Waals surface area contributed by atoms with Crippen molar-refractivity contribution >= 4 is 29.1 Å². The van der Waals surface area contributed by atoms with Crippen molar-refractivity contribution in [2.75, 3.05) is 48.0 Å². The van der Waals surface area contributed by atoms with E-state index < -0.39 is 23.5 Å². The van der Waals surface area contributed by atoms with Gasteiger partial charge in [0.25, 0.3) is 5.91 Å². The summed E-state index contributed by atoms with van der Waals surface area (Å²) in [5, 5.41) is 13.9. The first kappa shape index (κ1) is 26.4. The van der Waals surface area contributed by atoms with Crippen molar-refractivity contribution in [3.05, 3.63) is 58.1 Å². The van der Waals surface area contributed by atoms with E-state index in [1.54, 1.807) is 30.3 Å². The van der Waals surface area contributed by atoms with Crippen LogP contribution in [0.5, 0.6) is 17.2 Å². The first-order chi connectivity index (χ1) is 16.7. The molecule has 2 aromatic rings. The molecule has 2 aromatic carbocycles. The number of ketones is 1. The third-order valence-corrected chi connectivity index (χ3v) is 6.13. The summed E-state index contributed by atoms with van der Waals surface area (Å²) in [6.07, 6.45) is 0.653. The van der Waals surface area contributed by atoms with E-state index in [-0.39, 0.29) is 16.2 Å². The minimum atomic E-state index is -0.921. The Morgan fingerprint density at radius 2 is 1.80 bits per heavy atom. The molecular weight excluding hydrogens is 472 g/mol. The number of quaternary nitrogens is 1. The number of carbonyl (C=O) groups excluding carboxylic acids is 2. The van der Waals surface area contributed by atoms with Gasteiger partial charge in [0.2, 0.25) is 5.78 Å². The van der Waals surface area contributed by atoms with Crippen molar-refractivity contribution in [2.24, 2.45) is 0 Å². The minimum absolute atomic E-state index is 0.140. The predicted octanol–water partition coefficient (Wildman–Crippen LogP) is 1.51. The molecule has 3 rings (SSSR count). The largest absolute Gasteiger partial charge is 0.872 e. The van der Waals surface area contributed by atoms with Gasteiger partial charge in [0.1, 0.15) is 17.2 Å². The van der Waals surface area contributed by atoms with E-state index in [1.807, 2.05) is 21.0 Å². The molecule has 0 aliphatic carbocycles. The van der Waals surface area contributed by atoms with E-state index in [9.17, 15) is 14.7 Å². The molecule has 1 saturated heterocycles. The number of rotatable bonds is 10. The number of halogens is 1. The van der Waals surface area contributed by atoms with Crippen molar-refractivity contribution in [2.45, 2.75) is 19.4 Å². The third kappa shape index (κ3) is 5.55. The molecule has 0 saturated carbocycles. The summed E-state index contributed by atoms with van der Waals surface area (Å²) >= 11 is 6.30. The van der Waals surface area contributed by atoms with Crippen molar-refractivity contribution in [1.29, 1.82) is 0 Å². The predicted molar refractivity (Wildman–Crippen MR) is 131 cm³/mol. The lowest BCUT2D eigenvalue weighted by molar-refractivity contribution is -0.858. The molecule has 0 radical (unpaired) electrons. The van der Waals surface area contributed by atoms with Crippen LogP contribution in [0.2, 0.25) is 5.02 Å². The van der Waals surface area contributed by atoms with Gasteiger partial charge < -0.3 is 29.1 Å². The second kappa shape index (κ2) is 11.5. The van der Waals surface area contributed by atoms with Gasteiger partial charge in [-0.3, -0.25) is 9.59 Å². The van der Waals surface area contributed by atoms with Crippen LogP contribution in [0.4, 0.5) is 0 Å². The highest BCUT2D eigenvalue weighted by atomic mass is 35.5. The van der Waals surface area contributed by atoms with Gasteiger partial charge in [-0.1, -0.05) is 23.4 Å². The molecule has 9 heteroatoms. The maximum atomic E-state index is 13.7. The third-order valence-electron chi connectivity index (χ3n) is 5.83. The van der Waals surface area contributed by atoms with E-state index in [0.717, 1.165) is 6.54 Å². The highest BCUT2D eigenvalue weighted by Crippen LogP contribution is 2.43. The van der Waals surface area contributed by atoms with E-state index >= 15 is 0 Å². The number of hydrogen-bond acceptors (Lipinski definition) is 6. The zero-order valence-electron chi connectivity index (χ0n) is 20.6. The van der Waals surface area contributed by atoms with Gasteiger partial charge in [0.15, 0.2) is 0 Å². The van der Waals surface area contributed by atoms with Crippen molar-refractivity contribution in [3.63, 3.8) is 0 Å². The molecule has 1 heterocycles. The van der Waals surface area contributed by atoms with Gasteiger partial charge >= 0.3 is 0 Å². The molecule has 1 aliphatic rings. The zero-order chi connectivity index (χ0) is 25.7. The number of nitrogens with zero attached hydrogens (tertiary/aromatic N) is 1. The van der Waals surface area contributed by atoms with E-state index in [1.165, 1.54) is 30.1 Å². The maximum Gasteiger partial charge on any atom is 0.295 e. The molecule has 1 atom stereocenters. The summed E-state index contributed by atoms with van der Waals surface area (Å²) in [6.45, 7) is 3.34. The number of nitrogens with one attached hydrogen (secondary N) is 1. The lowest BCUT2D eigenvalue weighted by atomic mass is 9.94. The fraction of sp³-hybridized carbons (Fsp3) is 0.385. The van der Waals surface area contributed by atoms with Gasteiger partial charge in [-0.05, 0) is 42.8 Å². The van der Waals surface area contributed by atoms with Crippen LogP contribution in [-0.4, -0.2) is 64.6 Å². The van der Waals surface area contributed by atoms with Crippen LogP contribution in [0.3, 0.4) is 0 Å². The minimum Gasteiger partial charge on any atom is -0.872 e. The summed E-state index contributed by atoms with van der Waals surface area (Å²) in [6, 6.07) is 8.76. The summed E-state index contributed by atoms with van der Waals surface area (Å²) in [4.78, 5) is 29.0. The number of hydrogen-bond donors (Lipinski definition) is 1. The number of methoxy groups -OCH3 is 2. The second-order valence-electron chi connectivity index (χ2n) is 8.47. The maximum absolute atomic E-state index is 13.7. The fourth-order valence-corrected chi connectivity index (χ4v) is 4.39. The Hall–Kier alpha value is -3.23. The number of carbonyl (C=O) groups is 2. The average molecular weight is 503 g/mol. The Bertz CT molecular complexity index is 1130. The summed E-state index contributed by atoms with van der Waals surface area (Å²) in [5.41, 5.74) is 0.559. The Kier molecular flexibility index (Phi) is 8.64. The lowest BCUT2D eigenvalue weighted by Crippen LogP contribution is -3.05. The Morgan fingerprint density at radius 1 is 1.09 bits per heavy atom. The van der Waals surface area contributed by atoms with Gasteiger partial charge in [0.05, 0.1) is 52.5 Å². The van der Waals surface area contributed by atoms with Crippen LogP contribution in [0, 0.1) is 0 Å². The highest BCUT2D eigenvalue weighted by molar-refractivity contribution is 6.46. The molecule has 8 nitrogen and oxygen atoms in total. The normalized spacial score (nSPS) is 17.2. The summed E-state index contributed by atoms with van der Waals surface area (Å²) in [5.74, 6) is -0.717. The van der Waals surface area contributed by atoms with Crippen molar-refractivity contribution in [1.82, 2.24) is 4.90 Å². The number of likely N-dealkylation sites (tertiary alicyclic amines) is 1. The molecule has 1 fully saturated rings. The van der Waals surface area contributed by atoms with Gasteiger partial charge in [-0.25, -0.2) is 0 Å². The first-order valence-electron chi connectivity index (χ1n) is 11.4. The molecular formula is C26H31ClN2O6. The Labute approximate surface area is 210 Å². The molecule has 0 bridgehead atoms. The average Bonchev–Trinajstić information content (AvgIpc) is 3.09. The fourth-order valence-electron chi connectivity index (χ4n) is 4.15. The molecule has 1 aliphatic heterocycles. The topological polar surface area (TPSA) is 92.6 Å². The molecule has 1 amide bonds. The summed E-state index contributed by atoms with van der Waals surface area (Å²) in [7, 11) is 7.04. The number of amides is 1. The molecule has 188 valence electrons. The van der Waals surface area contributed by atoms with Crippen molar-refractivity contribution < 1.29 is 33.8 Å². The van der Waals surface area contributed by atoms with Crippen LogP contribution < -0.4 is 24.2 Å². The van der Waals surface area contributed by atoms with Crippen LogP contribution in [0.25, 0.3) is 5.76 Å². The van der Waals surface area contributed by atoms with Gasteiger partial charge in [0, 0.05) is 24.1 Å². The van der Waals surface area contributed by atoms with Crippen LogP contribution in [0.1, 0.15) is 30.5 Å². The number of ether oxygens (including phenoxy) is 3. The van der Waals surface area contributed by atoms with E-state index in [2.05, 4.69) is 0 Å². The standard InChI is InChI=1S/C26H31ClN2O6/c1-6-35-21-10-8-16(14-19(21)27)24(30)22-23(18-15-17(33-4)9-11-20(18)34-5)29(26(32)25(22)31)13-7-12-28(2)3/h8-11,14-15,23,30H,6-7,12-13H2,1-5H3. The summed E-state index contributed by atoms with van der Waals surface area (Å²) < 4.78 is 16.4. The monoisotopic (exact) mass is 502 g/mol. The first-order valence-corrected chi connectivity index (χ1v) is 11.8. The molecule has 1 unspecified atom stereocenters. The smallest absolute Gasteiger partial charge is 0.295 e.